The van der Waals surface area contributed by atoms with Gasteiger partial charge >= 0.3 is 0 Å². The second-order valence-electron chi connectivity index (χ2n) is 5.45. The van der Waals surface area contributed by atoms with E-state index in [0.717, 1.165) is 11.8 Å². The van der Waals surface area contributed by atoms with E-state index in [0.29, 0.717) is 17.9 Å². The number of hydrogen-bond acceptors (Lipinski definition) is 6. The molecule has 0 aliphatic heterocycles. The third kappa shape index (κ3) is 4.76. The number of amides is 1. The lowest BCUT2D eigenvalue weighted by molar-refractivity contribution is -0.113. The molecule has 25 heavy (non-hydrogen) atoms. The minimum Gasteiger partial charge on any atom is -0.495 e. The number of carbonyl (C=O) groups is 1. The SMILES string of the molecule is CC[C@H](C)c1c(O)nc(SCC(=O)Nc2ccccc2OC)[nH]c1=O. The van der Waals surface area contributed by atoms with E-state index in [1.54, 1.807) is 24.3 Å². The lowest BCUT2D eigenvalue weighted by Gasteiger charge is -2.11. The summed E-state index contributed by atoms with van der Waals surface area (Å²) in [7, 11) is 1.52. The number of hydrogen-bond donors (Lipinski definition) is 3. The zero-order chi connectivity index (χ0) is 18.4. The molecule has 134 valence electrons. The van der Waals surface area contributed by atoms with Gasteiger partial charge in [0.2, 0.25) is 11.8 Å². The number of aromatic amines is 1. The number of thioether (sulfide) groups is 1. The fraction of sp³-hybridized carbons (Fsp3) is 0.353. The van der Waals surface area contributed by atoms with Crippen molar-refractivity contribution in [2.75, 3.05) is 18.2 Å². The van der Waals surface area contributed by atoms with Crippen LogP contribution in [0.15, 0.2) is 34.2 Å². The Balaban J connectivity index is 2.04. The van der Waals surface area contributed by atoms with Crippen molar-refractivity contribution in [2.45, 2.75) is 31.3 Å². The first kappa shape index (κ1) is 18.9. The number of nitrogens with one attached hydrogen (secondary N) is 2. The zero-order valence-electron chi connectivity index (χ0n) is 14.3. The first-order chi connectivity index (χ1) is 12.0. The lowest BCUT2D eigenvalue weighted by Crippen LogP contribution is -2.18. The molecule has 8 heteroatoms. The maximum absolute atomic E-state index is 12.1. The Bertz CT molecular complexity index is 807. The molecule has 0 radical (unpaired) electrons. The smallest absolute Gasteiger partial charge is 0.258 e. The number of aromatic hydroxyl groups is 1. The monoisotopic (exact) mass is 363 g/mol. The van der Waals surface area contributed by atoms with Gasteiger partial charge in [-0.2, -0.15) is 4.98 Å². The summed E-state index contributed by atoms with van der Waals surface area (Å²) in [6, 6.07) is 7.07. The van der Waals surface area contributed by atoms with Crippen molar-refractivity contribution in [1.82, 2.24) is 9.97 Å². The van der Waals surface area contributed by atoms with Crippen LogP contribution >= 0.6 is 11.8 Å². The Morgan fingerprint density at radius 2 is 2.16 bits per heavy atom. The summed E-state index contributed by atoms with van der Waals surface area (Å²) in [5, 5.41) is 12.9. The van der Waals surface area contributed by atoms with Gasteiger partial charge in [0.05, 0.1) is 24.1 Å². The van der Waals surface area contributed by atoms with Crippen LogP contribution in [0, 0.1) is 0 Å². The van der Waals surface area contributed by atoms with Crippen molar-refractivity contribution < 1.29 is 14.6 Å². The van der Waals surface area contributed by atoms with E-state index in [1.807, 2.05) is 13.8 Å². The number of H-pyrrole nitrogens is 1. The fourth-order valence-corrected chi connectivity index (χ4v) is 2.89. The summed E-state index contributed by atoms with van der Waals surface area (Å²) >= 11 is 1.04. The number of benzene rings is 1. The van der Waals surface area contributed by atoms with Crippen LogP contribution in [-0.2, 0) is 4.79 Å². The summed E-state index contributed by atoms with van der Waals surface area (Å²) in [6.07, 6.45) is 0.714. The van der Waals surface area contributed by atoms with Crippen LogP contribution in [0.2, 0.25) is 0 Å². The Morgan fingerprint density at radius 3 is 2.80 bits per heavy atom. The van der Waals surface area contributed by atoms with Crippen molar-refractivity contribution in [1.29, 1.82) is 0 Å². The van der Waals surface area contributed by atoms with E-state index in [9.17, 15) is 14.7 Å². The van der Waals surface area contributed by atoms with Crippen molar-refractivity contribution in [3.8, 4) is 11.6 Å². The van der Waals surface area contributed by atoms with Gasteiger partial charge in [0.15, 0.2) is 5.16 Å². The highest BCUT2D eigenvalue weighted by Gasteiger charge is 2.17. The Morgan fingerprint density at radius 1 is 1.44 bits per heavy atom. The Kier molecular flexibility index (Phi) is 6.46. The average Bonchev–Trinajstić information content (AvgIpc) is 2.59. The number of ether oxygens (including phenoxy) is 1. The highest BCUT2D eigenvalue weighted by molar-refractivity contribution is 7.99. The molecule has 0 aliphatic carbocycles. The normalized spacial score (nSPS) is 11.8. The van der Waals surface area contributed by atoms with Crippen molar-refractivity contribution >= 4 is 23.4 Å². The van der Waals surface area contributed by atoms with Gasteiger partial charge in [0, 0.05) is 0 Å². The van der Waals surface area contributed by atoms with Gasteiger partial charge in [-0.25, -0.2) is 0 Å². The highest BCUT2D eigenvalue weighted by Crippen LogP contribution is 2.25. The number of rotatable bonds is 7. The van der Waals surface area contributed by atoms with Gasteiger partial charge in [-0.15, -0.1) is 0 Å². The highest BCUT2D eigenvalue weighted by atomic mass is 32.2. The average molecular weight is 363 g/mol. The van der Waals surface area contributed by atoms with E-state index < -0.39 is 0 Å². The van der Waals surface area contributed by atoms with Crippen LogP contribution in [0.3, 0.4) is 0 Å². The van der Waals surface area contributed by atoms with E-state index in [4.69, 9.17) is 4.74 Å². The quantitative estimate of drug-likeness (QED) is 0.516. The molecule has 0 saturated heterocycles. The largest absolute Gasteiger partial charge is 0.495 e. The standard InChI is InChI=1S/C17H21N3O4S/c1-4-10(2)14-15(22)19-17(20-16(14)23)25-9-13(21)18-11-7-5-6-8-12(11)24-3/h5-8,10H,4,9H2,1-3H3,(H,18,21)(H2,19,20,22,23)/t10-/m0/s1. The number of para-hydroxylation sites is 2. The van der Waals surface area contributed by atoms with Crippen LogP contribution in [0.4, 0.5) is 5.69 Å². The molecule has 0 aliphatic rings. The summed E-state index contributed by atoms with van der Waals surface area (Å²) in [4.78, 5) is 30.7. The van der Waals surface area contributed by atoms with Crippen LogP contribution in [0.25, 0.3) is 0 Å². The molecule has 1 atom stereocenters. The van der Waals surface area contributed by atoms with Gasteiger partial charge < -0.3 is 20.1 Å². The van der Waals surface area contributed by atoms with Gasteiger partial charge in [0.1, 0.15) is 5.75 Å². The maximum Gasteiger partial charge on any atom is 0.258 e. The first-order valence-corrected chi connectivity index (χ1v) is 8.83. The van der Waals surface area contributed by atoms with Crippen LogP contribution in [-0.4, -0.2) is 33.8 Å². The molecule has 0 fully saturated rings. The second kappa shape index (κ2) is 8.57. The molecular formula is C17H21N3O4S. The van der Waals surface area contributed by atoms with Crippen LogP contribution in [0.1, 0.15) is 31.7 Å². The molecule has 0 bridgehead atoms. The Labute approximate surface area is 149 Å². The van der Waals surface area contributed by atoms with E-state index >= 15 is 0 Å². The maximum atomic E-state index is 12.1. The fourth-order valence-electron chi connectivity index (χ4n) is 2.24. The number of methoxy groups -OCH3 is 1. The zero-order valence-corrected chi connectivity index (χ0v) is 15.1. The van der Waals surface area contributed by atoms with Gasteiger partial charge in [-0.1, -0.05) is 37.7 Å². The Hall–Kier alpha value is -2.48. The van der Waals surface area contributed by atoms with E-state index in [1.165, 1.54) is 7.11 Å². The molecular weight excluding hydrogens is 342 g/mol. The van der Waals surface area contributed by atoms with Gasteiger partial charge in [0.25, 0.3) is 5.56 Å². The third-order valence-corrected chi connectivity index (χ3v) is 4.61. The van der Waals surface area contributed by atoms with Crippen LogP contribution < -0.4 is 15.6 Å². The molecule has 7 nitrogen and oxygen atoms in total. The van der Waals surface area contributed by atoms with Crippen molar-refractivity contribution in [3.05, 3.63) is 40.2 Å². The molecule has 2 rings (SSSR count). The van der Waals surface area contributed by atoms with E-state index in [-0.39, 0.29) is 39.7 Å². The predicted octanol–water partition coefficient (Wildman–Crippen LogP) is 2.73. The second-order valence-corrected chi connectivity index (χ2v) is 6.42. The predicted molar refractivity (Wildman–Crippen MR) is 97.6 cm³/mol. The number of nitrogens with zero attached hydrogens (tertiary/aromatic N) is 1. The molecule has 0 unspecified atom stereocenters. The minimum atomic E-state index is -0.380. The van der Waals surface area contributed by atoms with Crippen LogP contribution in [0.5, 0.6) is 11.6 Å². The van der Waals surface area contributed by atoms with Crippen molar-refractivity contribution in [2.24, 2.45) is 0 Å². The topological polar surface area (TPSA) is 104 Å². The summed E-state index contributed by atoms with van der Waals surface area (Å²) < 4.78 is 5.17. The molecule has 0 saturated carbocycles. The molecule has 3 N–H and O–H groups in total. The first-order valence-electron chi connectivity index (χ1n) is 7.85. The summed E-state index contributed by atoms with van der Waals surface area (Å²) in [6.45, 7) is 3.77. The van der Waals surface area contributed by atoms with Gasteiger partial charge in [-0.3, -0.25) is 9.59 Å². The molecule has 2 aromatic rings. The number of aromatic nitrogens is 2. The molecule has 0 spiro atoms. The third-order valence-electron chi connectivity index (χ3n) is 3.74. The van der Waals surface area contributed by atoms with Gasteiger partial charge in [-0.05, 0) is 24.5 Å². The molecule has 1 aromatic carbocycles. The number of anilines is 1. The minimum absolute atomic E-state index is 0.0309. The molecule has 1 heterocycles. The summed E-state index contributed by atoms with van der Waals surface area (Å²) in [5.74, 6) is -0.0659. The summed E-state index contributed by atoms with van der Waals surface area (Å²) in [5.41, 5.74) is 0.451. The molecule has 1 amide bonds. The number of carbonyl (C=O) groups excluding carboxylic acids is 1. The van der Waals surface area contributed by atoms with E-state index in [2.05, 4.69) is 15.3 Å². The molecule has 1 aromatic heterocycles. The van der Waals surface area contributed by atoms with Crippen molar-refractivity contribution in [3.63, 3.8) is 0 Å². The lowest BCUT2D eigenvalue weighted by atomic mass is 10.0.